The van der Waals surface area contributed by atoms with Crippen molar-refractivity contribution in [2.75, 3.05) is 7.05 Å². The van der Waals surface area contributed by atoms with Gasteiger partial charge in [-0.15, -0.1) is 0 Å². The van der Waals surface area contributed by atoms with Gasteiger partial charge in [0, 0.05) is 12.5 Å². The minimum atomic E-state index is -0.323. The topological polar surface area (TPSA) is 44.1 Å². The molecule has 0 N–H and O–H groups in total. The van der Waals surface area contributed by atoms with Gasteiger partial charge in [0.15, 0.2) is 0 Å². The Morgan fingerprint density at radius 1 is 1.40 bits per heavy atom. The lowest BCUT2D eigenvalue weighted by Crippen LogP contribution is -2.44. The molecule has 1 atom stereocenters. The maximum Gasteiger partial charge on any atom is 0.229 e. The summed E-state index contributed by atoms with van der Waals surface area (Å²) in [4.78, 5) is 13.8. The molecule has 0 aromatic rings. The molecule has 3 heteroatoms. The zero-order valence-corrected chi connectivity index (χ0v) is 9.92. The third-order valence-electron chi connectivity index (χ3n) is 3.56. The fourth-order valence-electron chi connectivity index (χ4n) is 2.23. The molecule has 0 aromatic heterocycles. The highest BCUT2D eigenvalue weighted by molar-refractivity contribution is 5.82. The summed E-state index contributed by atoms with van der Waals surface area (Å²) >= 11 is 0. The Morgan fingerprint density at radius 2 is 1.93 bits per heavy atom. The number of nitrogens with zero attached hydrogens (tertiary/aromatic N) is 2. The van der Waals surface area contributed by atoms with E-state index in [0.717, 1.165) is 25.7 Å². The van der Waals surface area contributed by atoms with E-state index in [-0.39, 0.29) is 17.4 Å². The van der Waals surface area contributed by atoms with Crippen molar-refractivity contribution in [3.63, 3.8) is 0 Å². The van der Waals surface area contributed by atoms with Gasteiger partial charge in [-0.25, -0.2) is 0 Å². The van der Waals surface area contributed by atoms with Gasteiger partial charge in [-0.2, -0.15) is 5.26 Å². The van der Waals surface area contributed by atoms with E-state index < -0.39 is 0 Å². The summed E-state index contributed by atoms with van der Waals surface area (Å²) in [6, 6.07) is 1.78. The van der Waals surface area contributed by atoms with Crippen LogP contribution in [0, 0.1) is 16.7 Å². The lowest BCUT2D eigenvalue weighted by molar-refractivity contribution is -0.142. The average molecular weight is 208 g/mol. The van der Waals surface area contributed by atoms with Gasteiger partial charge < -0.3 is 4.90 Å². The molecule has 0 saturated heterocycles. The van der Waals surface area contributed by atoms with Crippen molar-refractivity contribution in [1.29, 1.82) is 5.26 Å². The molecule has 1 rings (SSSR count). The Bertz CT molecular complexity index is 274. The summed E-state index contributed by atoms with van der Waals surface area (Å²) in [5, 5.41) is 8.79. The number of rotatable bonds is 2. The fourth-order valence-corrected chi connectivity index (χ4v) is 2.23. The molecule has 0 aromatic carbocycles. The van der Waals surface area contributed by atoms with Gasteiger partial charge in [0.2, 0.25) is 5.91 Å². The molecule has 1 fully saturated rings. The molecule has 0 aliphatic heterocycles. The lowest BCUT2D eigenvalue weighted by Gasteiger charge is -2.36. The highest BCUT2D eigenvalue weighted by Crippen LogP contribution is 2.37. The van der Waals surface area contributed by atoms with Crippen LogP contribution in [0.5, 0.6) is 0 Å². The van der Waals surface area contributed by atoms with Crippen LogP contribution in [0.3, 0.4) is 0 Å². The number of hydrogen-bond acceptors (Lipinski definition) is 2. The van der Waals surface area contributed by atoms with Crippen LogP contribution < -0.4 is 0 Å². The summed E-state index contributed by atoms with van der Waals surface area (Å²) in [6.45, 7) is 3.80. The smallest absolute Gasteiger partial charge is 0.229 e. The Morgan fingerprint density at radius 3 is 2.40 bits per heavy atom. The zero-order chi connectivity index (χ0) is 11.5. The predicted molar refractivity (Wildman–Crippen MR) is 59.0 cm³/mol. The maximum absolute atomic E-state index is 12.2. The molecule has 0 heterocycles. The largest absolute Gasteiger partial charge is 0.330 e. The molecular weight excluding hydrogens is 188 g/mol. The molecule has 1 saturated carbocycles. The Balaban J connectivity index is 2.70. The van der Waals surface area contributed by atoms with Crippen LogP contribution in [0.15, 0.2) is 0 Å². The molecule has 84 valence electrons. The first kappa shape index (κ1) is 12.0. The van der Waals surface area contributed by atoms with Crippen molar-refractivity contribution in [1.82, 2.24) is 4.90 Å². The van der Waals surface area contributed by atoms with Gasteiger partial charge in [-0.05, 0) is 19.8 Å². The highest BCUT2D eigenvalue weighted by atomic mass is 16.2. The summed E-state index contributed by atoms with van der Waals surface area (Å²) in [7, 11) is 1.73. The highest BCUT2D eigenvalue weighted by Gasteiger charge is 2.37. The van der Waals surface area contributed by atoms with Crippen LogP contribution in [0.1, 0.15) is 46.0 Å². The zero-order valence-electron chi connectivity index (χ0n) is 9.92. The van der Waals surface area contributed by atoms with Crippen molar-refractivity contribution in [2.24, 2.45) is 5.41 Å². The molecule has 0 spiro atoms. The monoisotopic (exact) mass is 208 g/mol. The second kappa shape index (κ2) is 4.65. The van der Waals surface area contributed by atoms with Crippen molar-refractivity contribution in [3.05, 3.63) is 0 Å². The molecule has 1 aliphatic rings. The summed E-state index contributed by atoms with van der Waals surface area (Å²) < 4.78 is 0. The molecular formula is C12H20N2O. The van der Waals surface area contributed by atoms with E-state index in [4.69, 9.17) is 5.26 Å². The average Bonchev–Trinajstić information content (AvgIpc) is 2.27. The van der Waals surface area contributed by atoms with Crippen LogP contribution in [0.25, 0.3) is 0 Å². The van der Waals surface area contributed by atoms with Crippen molar-refractivity contribution in [2.45, 2.75) is 52.0 Å². The Kier molecular flexibility index (Phi) is 3.73. The van der Waals surface area contributed by atoms with E-state index >= 15 is 0 Å². The Hall–Kier alpha value is -1.04. The molecule has 0 radical (unpaired) electrons. The van der Waals surface area contributed by atoms with Crippen molar-refractivity contribution < 1.29 is 4.79 Å². The van der Waals surface area contributed by atoms with Gasteiger partial charge in [-0.3, -0.25) is 4.79 Å². The fraction of sp³-hybridized carbons (Fsp3) is 0.833. The van der Waals surface area contributed by atoms with Gasteiger partial charge >= 0.3 is 0 Å². The first-order valence-corrected chi connectivity index (χ1v) is 5.68. The van der Waals surface area contributed by atoms with Gasteiger partial charge in [0.1, 0.15) is 6.04 Å². The van der Waals surface area contributed by atoms with Gasteiger partial charge in [0.25, 0.3) is 0 Å². The minimum Gasteiger partial charge on any atom is -0.330 e. The molecule has 1 unspecified atom stereocenters. The molecule has 15 heavy (non-hydrogen) atoms. The Labute approximate surface area is 92.1 Å². The quantitative estimate of drug-likeness (QED) is 0.699. The van der Waals surface area contributed by atoms with Crippen LogP contribution in [-0.2, 0) is 4.79 Å². The standard InChI is InChI=1S/C12H20N2O/c1-10(9-13)14(3)11(15)12(2)7-5-4-6-8-12/h10H,4-8H2,1-3H3. The third-order valence-corrected chi connectivity index (χ3v) is 3.56. The molecule has 1 aliphatic carbocycles. The van der Waals surface area contributed by atoms with E-state index in [1.807, 2.05) is 6.92 Å². The number of hydrogen-bond donors (Lipinski definition) is 0. The summed E-state index contributed by atoms with van der Waals surface area (Å²) in [5.74, 6) is 0.135. The predicted octanol–water partition coefficient (Wildman–Crippen LogP) is 2.33. The van der Waals surface area contributed by atoms with Crippen LogP contribution in [0.4, 0.5) is 0 Å². The SMILES string of the molecule is CC(C#N)N(C)C(=O)C1(C)CCCCC1. The van der Waals surface area contributed by atoms with Crippen LogP contribution in [-0.4, -0.2) is 23.9 Å². The molecule has 1 amide bonds. The second-order valence-corrected chi connectivity index (χ2v) is 4.84. The molecule has 3 nitrogen and oxygen atoms in total. The van der Waals surface area contributed by atoms with E-state index in [1.54, 1.807) is 18.9 Å². The van der Waals surface area contributed by atoms with E-state index in [1.165, 1.54) is 6.42 Å². The maximum atomic E-state index is 12.2. The van der Waals surface area contributed by atoms with E-state index in [0.29, 0.717) is 0 Å². The first-order chi connectivity index (χ1) is 7.01. The van der Waals surface area contributed by atoms with E-state index in [9.17, 15) is 4.79 Å². The number of amides is 1. The van der Waals surface area contributed by atoms with Crippen LogP contribution >= 0.6 is 0 Å². The normalized spacial score (nSPS) is 21.5. The van der Waals surface area contributed by atoms with Crippen molar-refractivity contribution >= 4 is 5.91 Å². The van der Waals surface area contributed by atoms with Gasteiger partial charge in [-0.1, -0.05) is 26.2 Å². The van der Waals surface area contributed by atoms with E-state index in [2.05, 4.69) is 6.07 Å². The lowest BCUT2D eigenvalue weighted by atomic mass is 9.74. The number of carbonyl (C=O) groups is 1. The third kappa shape index (κ3) is 2.50. The van der Waals surface area contributed by atoms with Gasteiger partial charge in [0.05, 0.1) is 6.07 Å². The minimum absolute atomic E-state index is 0.135. The molecule has 0 bridgehead atoms. The number of nitriles is 1. The van der Waals surface area contributed by atoms with Crippen molar-refractivity contribution in [3.8, 4) is 6.07 Å². The number of carbonyl (C=O) groups excluding carboxylic acids is 1. The summed E-state index contributed by atoms with van der Waals surface area (Å²) in [5.41, 5.74) is -0.224. The summed E-state index contributed by atoms with van der Waals surface area (Å²) in [6.07, 6.45) is 5.44. The first-order valence-electron chi connectivity index (χ1n) is 5.68. The second-order valence-electron chi connectivity index (χ2n) is 4.84. The van der Waals surface area contributed by atoms with Crippen LogP contribution in [0.2, 0.25) is 0 Å².